The Labute approximate surface area is 230 Å². The second-order valence-corrected chi connectivity index (χ2v) is 8.30. The summed E-state index contributed by atoms with van der Waals surface area (Å²) in [4.78, 5) is 67.5. The Hall–Kier alpha value is -4.98. The van der Waals surface area contributed by atoms with E-state index in [1.165, 1.54) is 0 Å². The Morgan fingerprint density at radius 1 is 0.825 bits per heavy atom. The first-order valence-corrected chi connectivity index (χ1v) is 12.3. The Bertz CT molecular complexity index is 1120. The van der Waals surface area contributed by atoms with E-state index >= 15 is 0 Å². The van der Waals surface area contributed by atoms with Gasteiger partial charge in [0.25, 0.3) is 5.91 Å². The van der Waals surface area contributed by atoms with Crippen molar-refractivity contribution in [1.29, 1.82) is 0 Å². The van der Waals surface area contributed by atoms with E-state index in [-0.39, 0.29) is 50.0 Å². The standard InChI is InChI=1S/C26H33N7O7/c27-14-21(34)31-15-22(35)32-20(12-7-13-30-24(28)29)23(36)33(25(37)39-16-18-8-3-1-4-9-18)26(38)40-17-19-10-5-2-6-11-19/h1-6,8-11,20H,7,12-17,27H2,(H,31,34)(H,32,35)(H4,28,29,30)/t20-/m0/s1. The number of hydrogen-bond acceptors (Lipinski definition) is 9. The number of nitrogens with one attached hydrogen (secondary N) is 2. The highest BCUT2D eigenvalue weighted by molar-refractivity contribution is 6.09. The average Bonchev–Trinajstić information content (AvgIpc) is 2.96. The van der Waals surface area contributed by atoms with Crippen molar-refractivity contribution in [2.75, 3.05) is 19.6 Å². The second-order valence-electron chi connectivity index (χ2n) is 8.30. The van der Waals surface area contributed by atoms with Crippen LogP contribution in [0.4, 0.5) is 9.59 Å². The molecule has 0 aliphatic heterocycles. The largest absolute Gasteiger partial charge is 0.444 e. The Morgan fingerprint density at radius 2 is 1.35 bits per heavy atom. The predicted molar refractivity (Wildman–Crippen MR) is 144 cm³/mol. The van der Waals surface area contributed by atoms with Crippen LogP contribution in [0.15, 0.2) is 65.7 Å². The van der Waals surface area contributed by atoms with Gasteiger partial charge in [0.15, 0.2) is 5.96 Å². The van der Waals surface area contributed by atoms with E-state index in [0.29, 0.717) is 11.1 Å². The number of carbonyl (C=O) groups excluding carboxylic acids is 5. The van der Waals surface area contributed by atoms with Crippen molar-refractivity contribution in [2.45, 2.75) is 32.1 Å². The number of hydrogen-bond donors (Lipinski definition) is 5. The Balaban J connectivity index is 2.24. The molecule has 0 aromatic heterocycles. The Kier molecular flexibility index (Phi) is 13.1. The molecule has 1 atom stereocenters. The third-order valence-electron chi connectivity index (χ3n) is 5.21. The number of amides is 5. The van der Waals surface area contributed by atoms with E-state index in [1.54, 1.807) is 60.7 Å². The van der Waals surface area contributed by atoms with Crippen molar-refractivity contribution in [2.24, 2.45) is 22.2 Å². The summed E-state index contributed by atoms with van der Waals surface area (Å²) < 4.78 is 10.4. The van der Waals surface area contributed by atoms with Gasteiger partial charge in [-0.1, -0.05) is 60.7 Å². The zero-order valence-corrected chi connectivity index (χ0v) is 21.8. The van der Waals surface area contributed by atoms with E-state index in [1.807, 2.05) is 0 Å². The van der Waals surface area contributed by atoms with Gasteiger partial charge in [0.1, 0.15) is 19.3 Å². The first kappa shape index (κ1) is 31.2. The van der Waals surface area contributed by atoms with Crippen molar-refractivity contribution >= 4 is 35.9 Å². The van der Waals surface area contributed by atoms with Crippen molar-refractivity contribution in [3.05, 3.63) is 71.8 Å². The highest BCUT2D eigenvalue weighted by atomic mass is 16.6. The van der Waals surface area contributed by atoms with Gasteiger partial charge in [-0.15, -0.1) is 4.90 Å². The molecule has 2 aromatic carbocycles. The summed E-state index contributed by atoms with van der Waals surface area (Å²) in [5.74, 6) is -2.65. The van der Waals surface area contributed by atoms with Gasteiger partial charge in [-0.05, 0) is 24.0 Å². The number of rotatable bonds is 13. The molecule has 2 rings (SSSR count). The predicted octanol–water partition coefficient (Wildman–Crippen LogP) is 0.102. The van der Waals surface area contributed by atoms with Gasteiger partial charge in [0, 0.05) is 6.54 Å². The second kappa shape index (κ2) is 16.8. The molecule has 0 aliphatic carbocycles. The molecule has 14 nitrogen and oxygen atoms in total. The normalized spacial score (nSPS) is 10.9. The molecule has 0 spiro atoms. The SMILES string of the molecule is NCC(=O)NCC(=O)N[C@@H](CCCN=C(N)N)C(=O)N(C(=O)OCc1ccccc1)C(=O)OCc1ccccc1. The van der Waals surface area contributed by atoms with E-state index in [0.717, 1.165) is 0 Å². The van der Waals surface area contributed by atoms with Gasteiger partial charge in [-0.25, -0.2) is 9.59 Å². The van der Waals surface area contributed by atoms with Crippen LogP contribution >= 0.6 is 0 Å². The molecule has 40 heavy (non-hydrogen) atoms. The van der Waals surface area contributed by atoms with Gasteiger partial charge in [-0.2, -0.15) is 0 Å². The van der Waals surface area contributed by atoms with E-state index < -0.39 is 42.5 Å². The third kappa shape index (κ3) is 11.2. The van der Waals surface area contributed by atoms with Crippen LogP contribution in [0, 0.1) is 0 Å². The minimum atomic E-state index is -1.40. The van der Waals surface area contributed by atoms with Crippen LogP contribution in [0.5, 0.6) is 0 Å². The lowest BCUT2D eigenvalue weighted by Gasteiger charge is -2.24. The highest BCUT2D eigenvalue weighted by Crippen LogP contribution is 2.12. The van der Waals surface area contributed by atoms with E-state index in [4.69, 9.17) is 26.7 Å². The molecule has 0 bridgehead atoms. The summed E-state index contributed by atoms with van der Waals surface area (Å²) in [5, 5.41) is 4.68. The molecular formula is C26H33N7O7. The fraction of sp³-hybridized carbons (Fsp3) is 0.308. The average molecular weight is 556 g/mol. The van der Waals surface area contributed by atoms with Crippen LogP contribution < -0.4 is 27.8 Å². The highest BCUT2D eigenvalue weighted by Gasteiger charge is 2.37. The number of nitrogens with zero attached hydrogens (tertiary/aromatic N) is 2. The number of imide groups is 3. The van der Waals surface area contributed by atoms with Crippen molar-refractivity contribution in [1.82, 2.24) is 15.5 Å². The summed E-state index contributed by atoms with van der Waals surface area (Å²) >= 11 is 0. The molecule has 0 fully saturated rings. The lowest BCUT2D eigenvalue weighted by atomic mass is 10.1. The molecule has 0 radical (unpaired) electrons. The molecule has 8 N–H and O–H groups in total. The minimum absolute atomic E-state index is 0.0688. The maximum absolute atomic E-state index is 13.5. The van der Waals surface area contributed by atoms with Gasteiger partial charge in [0.2, 0.25) is 11.8 Å². The first-order valence-electron chi connectivity index (χ1n) is 12.3. The third-order valence-corrected chi connectivity index (χ3v) is 5.21. The van der Waals surface area contributed by atoms with Crippen molar-refractivity contribution in [3.63, 3.8) is 0 Å². The molecule has 0 aliphatic rings. The smallest absolute Gasteiger partial charge is 0.426 e. The molecule has 14 heteroatoms. The minimum Gasteiger partial charge on any atom is -0.444 e. The summed E-state index contributed by atoms with van der Waals surface area (Å²) in [6, 6.07) is 15.8. The van der Waals surface area contributed by atoms with E-state index in [2.05, 4.69) is 15.6 Å². The molecular weight excluding hydrogens is 522 g/mol. The molecule has 5 amide bonds. The van der Waals surface area contributed by atoms with Crippen LogP contribution in [0.3, 0.4) is 0 Å². The number of aliphatic imine (C=N–C) groups is 1. The lowest BCUT2D eigenvalue weighted by molar-refractivity contribution is -0.134. The van der Waals surface area contributed by atoms with Crippen molar-refractivity contribution in [3.8, 4) is 0 Å². The summed E-state index contributed by atoms with van der Waals surface area (Å²) in [6.45, 7) is -1.21. The van der Waals surface area contributed by atoms with Gasteiger partial charge >= 0.3 is 12.2 Å². The molecule has 214 valence electrons. The van der Waals surface area contributed by atoms with Crippen LogP contribution in [-0.2, 0) is 37.1 Å². The zero-order chi connectivity index (χ0) is 29.3. The number of guanidine groups is 1. The fourth-order valence-corrected chi connectivity index (χ4v) is 3.24. The quantitative estimate of drug-likeness (QED) is 0.127. The maximum Gasteiger partial charge on any atom is 0.426 e. The van der Waals surface area contributed by atoms with Gasteiger partial charge in [0.05, 0.1) is 13.1 Å². The number of carbonyl (C=O) groups is 5. The van der Waals surface area contributed by atoms with Crippen molar-refractivity contribution < 1.29 is 33.4 Å². The van der Waals surface area contributed by atoms with Gasteiger partial charge in [-0.3, -0.25) is 19.4 Å². The van der Waals surface area contributed by atoms with E-state index in [9.17, 15) is 24.0 Å². The molecule has 2 aromatic rings. The maximum atomic E-state index is 13.5. The van der Waals surface area contributed by atoms with Crippen LogP contribution in [-0.4, -0.2) is 66.4 Å². The first-order chi connectivity index (χ1) is 19.2. The number of benzene rings is 2. The Morgan fingerprint density at radius 3 is 1.82 bits per heavy atom. The summed E-state index contributed by atoms with van der Waals surface area (Å²) in [6.07, 6.45) is -2.48. The summed E-state index contributed by atoms with van der Waals surface area (Å²) in [7, 11) is 0. The zero-order valence-electron chi connectivity index (χ0n) is 21.8. The lowest BCUT2D eigenvalue weighted by Crippen LogP contribution is -2.54. The monoisotopic (exact) mass is 555 g/mol. The van der Waals surface area contributed by atoms with Crippen LogP contribution in [0.1, 0.15) is 24.0 Å². The number of ether oxygens (including phenoxy) is 2. The molecule has 0 saturated carbocycles. The molecule has 0 saturated heterocycles. The molecule has 0 unspecified atom stereocenters. The summed E-state index contributed by atoms with van der Waals surface area (Å²) in [5.41, 5.74) is 17.1. The topological polar surface area (TPSA) is 222 Å². The molecule has 0 heterocycles. The van der Waals surface area contributed by atoms with Crippen LogP contribution in [0.25, 0.3) is 0 Å². The fourth-order valence-electron chi connectivity index (χ4n) is 3.24. The van der Waals surface area contributed by atoms with Crippen LogP contribution in [0.2, 0.25) is 0 Å². The number of nitrogens with two attached hydrogens (primary N) is 3. The van der Waals surface area contributed by atoms with Gasteiger partial charge < -0.3 is 37.3 Å².